The van der Waals surface area contributed by atoms with Gasteiger partial charge < -0.3 is 15.3 Å². The number of fused-ring (bicyclic) bond motifs is 5. The van der Waals surface area contributed by atoms with Gasteiger partial charge in [0.25, 0.3) is 0 Å². The lowest BCUT2D eigenvalue weighted by molar-refractivity contribution is -0.168. The summed E-state index contributed by atoms with van der Waals surface area (Å²) in [6, 6.07) is 0. The lowest BCUT2D eigenvalue weighted by Gasteiger charge is -2.61. The van der Waals surface area contributed by atoms with E-state index < -0.39 is 17.8 Å². The van der Waals surface area contributed by atoms with Crippen molar-refractivity contribution >= 4 is 0 Å². The number of hydrogen-bond donors (Lipinski definition) is 3. The molecule has 0 amide bonds. The van der Waals surface area contributed by atoms with Crippen LogP contribution in [0.1, 0.15) is 65.2 Å². The zero-order valence-corrected chi connectivity index (χ0v) is 15.0. The molecule has 0 aliphatic heterocycles. The first-order chi connectivity index (χ1) is 11.2. The van der Waals surface area contributed by atoms with Crippen molar-refractivity contribution in [3.63, 3.8) is 0 Å². The Bertz CT molecular complexity index is 568. The molecule has 3 nitrogen and oxygen atoms in total. The molecular formula is C21H32O3. The van der Waals surface area contributed by atoms with Crippen LogP contribution in [-0.4, -0.2) is 33.1 Å². The Morgan fingerprint density at radius 3 is 2.38 bits per heavy atom. The molecule has 0 aromatic heterocycles. The second-order valence-corrected chi connectivity index (χ2v) is 9.73. The van der Waals surface area contributed by atoms with Crippen molar-refractivity contribution in [2.75, 3.05) is 0 Å². The molecule has 0 unspecified atom stereocenters. The summed E-state index contributed by atoms with van der Waals surface area (Å²) in [5.74, 6) is 4.96. The van der Waals surface area contributed by atoms with Crippen molar-refractivity contribution in [1.29, 1.82) is 0 Å². The normalized spacial score (nSPS) is 59.8. The van der Waals surface area contributed by atoms with Gasteiger partial charge in [-0.2, -0.15) is 0 Å². The number of aliphatic hydroxyl groups is 3. The maximum atomic E-state index is 11.0. The number of rotatable bonds is 0. The maximum Gasteiger partial charge on any atom is 0.130 e. The first-order valence-corrected chi connectivity index (χ1v) is 9.81. The molecule has 134 valence electrons. The van der Waals surface area contributed by atoms with Crippen LogP contribution in [0.25, 0.3) is 0 Å². The molecule has 0 saturated heterocycles. The highest BCUT2D eigenvalue weighted by Gasteiger charge is 2.64. The van der Waals surface area contributed by atoms with E-state index in [0.29, 0.717) is 23.7 Å². The summed E-state index contributed by atoms with van der Waals surface area (Å²) in [6.45, 7) is 4.57. The number of aliphatic hydroxyl groups excluding tert-OH is 2. The topological polar surface area (TPSA) is 60.7 Å². The third kappa shape index (κ3) is 1.97. The van der Waals surface area contributed by atoms with Crippen LogP contribution >= 0.6 is 0 Å². The van der Waals surface area contributed by atoms with Crippen LogP contribution in [-0.2, 0) is 0 Å². The minimum atomic E-state index is -0.942. The Balaban J connectivity index is 1.65. The van der Waals surface area contributed by atoms with Crippen LogP contribution in [0.4, 0.5) is 0 Å². The Morgan fingerprint density at radius 1 is 0.958 bits per heavy atom. The van der Waals surface area contributed by atoms with E-state index in [-0.39, 0.29) is 10.8 Å². The van der Waals surface area contributed by atoms with Crippen molar-refractivity contribution in [2.24, 2.45) is 34.5 Å². The molecule has 9 atom stereocenters. The second kappa shape index (κ2) is 5.22. The third-order valence-electron chi connectivity index (χ3n) is 9.07. The molecule has 24 heavy (non-hydrogen) atoms. The van der Waals surface area contributed by atoms with Crippen LogP contribution in [0.3, 0.4) is 0 Å². The zero-order valence-electron chi connectivity index (χ0n) is 15.0. The minimum Gasteiger partial charge on any atom is -0.390 e. The Labute approximate surface area is 145 Å². The second-order valence-electron chi connectivity index (χ2n) is 9.73. The van der Waals surface area contributed by atoms with E-state index in [2.05, 4.69) is 19.8 Å². The molecule has 0 heterocycles. The smallest absolute Gasteiger partial charge is 0.130 e. The SMILES string of the molecule is C#C[C@]1(O)CC[C@H]2[C@@H]3CC[C@H]4C[C@H](O)[C@@H](O)C[C@]4(C)[C@H]3CC[C@@]21C. The molecule has 3 heteroatoms. The standard InChI is InChI=1S/C21H32O3/c1-4-21(24)10-8-16-14-6-5-13-11-17(22)18(23)12-19(13,2)15(14)7-9-20(16,21)3/h1,13-18,22-24H,5-12H2,2-3H3/t13-,14+,15-,16-,17-,18-,19-,20-,21-/m0/s1. The highest BCUT2D eigenvalue weighted by molar-refractivity contribution is 5.23. The van der Waals surface area contributed by atoms with Crippen LogP contribution in [0.15, 0.2) is 0 Å². The highest BCUT2D eigenvalue weighted by Crippen LogP contribution is 2.68. The fourth-order valence-electron chi connectivity index (χ4n) is 7.53. The molecular weight excluding hydrogens is 300 g/mol. The largest absolute Gasteiger partial charge is 0.390 e. The summed E-state index contributed by atoms with van der Waals surface area (Å²) >= 11 is 0. The van der Waals surface area contributed by atoms with E-state index >= 15 is 0 Å². The van der Waals surface area contributed by atoms with Crippen LogP contribution in [0, 0.1) is 46.8 Å². The summed E-state index contributed by atoms with van der Waals surface area (Å²) in [7, 11) is 0. The molecule has 3 N–H and O–H groups in total. The van der Waals surface area contributed by atoms with Crippen molar-refractivity contribution in [1.82, 2.24) is 0 Å². The van der Waals surface area contributed by atoms with Gasteiger partial charge in [0, 0.05) is 5.41 Å². The summed E-state index contributed by atoms with van der Waals surface area (Å²) in [5.41, 5.74) is -0.971. The summed E-state index contributed by atoms with van der Waals surface area (Å²) in [4.78, 5) is 0. The van der Waals surface area contributed by atoms with Gasteiger partial charge in [0.15, 0.2) is 0 Å². The monoisotopic (exact) mass is 332 g/mol. The van der Waals surface area contributed by atoms with Crippen molar-refractivity contribution in [3.8, 4) is 12.3 Å². The van der Waals surface area contributed by atoms with E-state index in [1.165, 1.54) is 6.42 Å². The van der Waals surface area contributed by atoms with Gasteiger partial charge in [-0.3, -0.25) is 0 Å². The van der Waals surface area contributed by atoms with Gasteiger partial charge in [-0.1, -0.05) is 19.8 Å². The molecule has 0 aromatic carbocycles. The van der Waals surface area contributed by atoms with Crippen molar-refractivity contribution in [3.05, 3.63) is 0 Å². The van der Waals surface area contributed by atoms with Crippen LogP contribution < -0.4 is 0 Å². The van der Waals surface area contributed by atoms with Gasteiger partial charge in [0.05, 0.1) is 12.2 Å². The fourth-order valence-corrected chi connectivity index (χ4v) is 7.53. The molecule has 0 spiro atoms. The number of terminal acetylenes is 1. The summed E-state index contributed by atoms with van der Waals surface area (Å²) in [5, 5.41) is 31.4. The fraction of sp³-hybridized carbons (Fsp3) is 0.905. The van der Waals surface area contributed by atoms with E-state index in [0.717, 1.165) is 44.9 Å². The van der Waals surface area contributed by atoms with Gasteiger partial charge in [0.1, 0.15) is 5.60 Å². The lowest BCUT2D eigenvalue weighted by Crippen LogP contribution is -2.58. The van der Waals surface area contributed by atoms with E-state index in [4.69, 9.17) is 6.42 Å². The number of hydrogen-bond acceptors (Lipinski definition) is 3. The van der Waals surface area contributed by atoms with Gasteiger partial charge in [-0.05, 0) is 80.5 Å². The van der Waals surface area contributed by atoms with Crippen LogP contribution in [0.5, 0.6) is 0 Å². The van der Waals surface area contributed by atoms with E-state index in [9.17, 15) is 15.3 Å². The molecule has 4 aliphatic carbocycles. The first kappa shape index (κ1) is 16.9. The van der Waals surface area contributed by atoms with E-state index in [1.54, 1.807) is 0 Å². The molecule has 4 rings (SSSR count). The van der Waals surface area contributed by atoms with Gasteiger partial charge >= 0.3 is 0 Å². The predicted octanol–water partition coefficient (Wildman–Crippen LogP) is 2.73. The molecule has 0 bridgehead atoms. The van der Waals surface area contributed by atoms with Crippen LogP contribution in [0.2, 0.25) is 0 Å². The molecule has 0 radical (unpaired) electrons. The summed E-state index contributed by atoms with van der Waals surface area (Å²) in [6.07, 6.45) is 12.3. The minimum absolute atomic E-state index is 0.125. The molecule has 4 saturated carbocycles. The third-order valence-corrected chi connectivity index (χ3v) is 9.07. The zero-order chi connectivity index (χ0) is 17.3. The average Bonchev–Trinajstić information content (AvgIpc) is 2.81. The Kier molecular flexibility index (Phi) is 3.67. The molecule has 4 fully saturated rings. The molecule has 0 aromatic rings. The quantitative estimate of drug-likeness (QED) is 0.598. The average molecular weight is 332 g/mol. The Hall–Kier alpha value is -0.560. The van der Waals surface area contributed by atoms with Gasteiger partial charge in [-0.25, -0.2) is 0 Å². The van der Waals surface area contributed by atoms with Gasteiger partial charge in [-0.15, -0.1) is 6.42 Å². The van der Waals surface area contributed by atoms with Gasteiger partial charge in [0.2, 0.25) is 0 Å². The first-order valence-electron chi connectivity index (χ1n) is 9.81. The molecule has 4 aliphatic rings. The maximum absolute atomic E-state index is 11.0. The predicted molar refractivity (Wildman–Crippen MR) is 92.9 cm³/mol. The van der Waals surface area contributed by atoms with Crippen molar-refractivity contribution in [2.45, 2.75) is 83.0 Å². The lowest BCUT2D eigenvalue weighted by atomic mass is 9.44. The Morgan fingerprint density at radius 2 is 1.67 bits per heavy atom. The van der Waals surface area contributed by atoms with Crippen molar-refractivity contribution < 1.29 is 15.3 Å². The summed E-state index contributed by atoms with van der Waals surface area (Å²) < 4.78 is 0. The highest BCUT2D eigenvalue weighted by atomic mass is 16.3. The van der Waals surface area contributed by atoms with E-state index in [1.807, 2.05) is 0 Å².